The Morgan fingerprint density at radius 2 is 1.82 bits per heavy atom. The fraction of sp³-hybridized carbons (Fsp3) is 0.222. The molecule has 0 saturated carbocycles. The molecule has 2 fully saturated rings. The number of anilines is 1. The van der Waals surface area contributed by atoms with Crippen LogP contribution in [0.3, 0.4) is 0 Å². The number of hydrogen-bond acceptors (Lipinski definition) is 6. The summed E-state index contributed by atoms with van der Waals surface area (Å²) < 4.78 is 0. The second-order valence-corrected chi connectivity index (χ2v) is 10.2. The van der Waals surface area contributed by atoms with E-state index in [0.717, 1.165) is 10.5 Å². The highest BCUT2D eigenvalue weighted by molar-refractivity contribution is 6.35. The van der Waals surface area contributed by atoms with Gasteiger partial charge in [0.15, 0.2) is 0 Å². The number of urea groups is 1. The molecule has 3 heterocycles. The lowest BCUT2D eigenvalue weighted by molar-refractivity contribution is -0.124. The first-order valence-corrected chi connectivity index (χ1v) is 12.4. The van der Waals surface area contributed by atoms with Gasteiger partial charge in [-0.15, -0.1) is 0 Å². The molecule has 0 unspecified atom stereocenters. The van der Waals surface area contributed by atoms with Gasteiger partial charge in [0.05, 0.1) is 28.6 Å². The van der Waals surface area contributed by atoms with E-state index in [4.69, 9.17) is 28.3 Å². The van der Waals surface area contributed by atoms with Crippen molar-refractivity contribution in [2.24, 2.45) is 0 Å². The van der Waals surface area contributed by atoms with Crippen molar-refractivity contribution in [3.05, 3.63) is 93.2 Å². The minimum atomic E-state index is -1.25. The number of benzene rings is 2. The molecule has 2 aromatic carbocycles. The lowest BCUT2D eigenvalue weighted by atomic mass is 9.80. The summed E-state index contributed by atoms with van der Waals surface area (Å²) in [6.07, 6.45) is 1.29. The first-order valence-electron chi connectivity index (χ1n) is 11.6. The van der Waals surface area contributed by atoms with E-state index in [-0.39, 0.29) is 17.8 Å². The first kappa shape index (κ1) is 25.7. The normalized spacial score (nSPS) is 21.4. The highest BCUT2D eigenvalue weighted by Gasteiger charge is 2.64. The number of pyridine rings is 1. The van der Waals surface area contributed by atoms with E-state index >= 15 is 0 Å². The van der Waals surface area contributed by atoms with Crippen LogP contribution in [0, 0.1) is 11.3 Å². The SMILES string of the molecule is CN1C(=O)N(c2cc(Cl)cc(Cl)c2)C(=O)[C@]12CN(Cc1ccc(C(=O)O)cn1)C[C@@H]2c1ccc(C#N)cc1. The van der Waals surface area contributed by atoms with Crippen LogP contribution < -0.4 is 4.90 Å². The maximum absolute atomic E-state index is 14.2. The van der Waals surface area contributed by atoms with Crippen molar-refractivity contribution in [2.75, 3.05) is 25.0 Å². The third-order valence-corrected chi connectivity index (χ3v) is 7.57. The van der Waals surface area contributed by atoms with Gasteiger partial charge in [-0.2, -0.15) is 5.26 Å². The first-order chi connectivity index (χ1) is 18.1. The number of aromatic carboxylic acids is 1. The Bertz CT molecular complexity index is 1470. The number of carboxylic acids is 1. The number of nitriles is 1. The summed E-state index contributed by atoms with van der Waals surface area (Å²) in [4.78, 5) is 47.8. The third kappa shape index (κ3) is 4.27. The molecular weight excluding hydrogens is 529 g/mol. The predicted molar refractivity (Wildman–Crippen MR) is 140 cm³/mol. The molecule has 0 radical (unpaired) electrons. The number of amides is 3. The number of nitrogens with zero attached hydrogens (tertiary/aromatic N) is 5. The summed E-state index contributed by atoms with van der Waals surface area (Å²) in [7, 11) is 1.60. The number of carbonyl (C=O) groups excluding carboxylic acids is 2. The summed E-state index contributed by atoms with van der Waals surface area (Å²) in [5.74, 6) is -1.90. The zero-order chi connectivity index (χ0) is 27.2. The smallest absolute Gasteiger partial charge is 0.337 e. The number of aromatic nitrogens is 1. The molecule has 1 N–H and O–H groups in total. The number of rotatable bonds is 5. The molecule has 2 atom stereocenters. The number of hydrogen-bond donors (Lipinski definition) is 1. The van der Waals surface area contributed by atoms with Crippen molar-refractivity contribution >= 4 is 46.8 Å². The minimum absolute atomic E-state index is 0.0780. The van der Waals surface area contributed by atoms with Gasteiger partial charge in [0.1, 0.15) is 5.54 Å². The van der Waals surface area contributed by atoms with Gasteiger partial charge in [0.25, 0.3) is 5.91 Å². The van der Waals surface area contributed by atoms with E-state index in [1.54, 1.807) is 37.4 Å². The average molecular weight is 550 g/mol. The fourth-order valence-electron chi connectivity index (χ4n) is 5.29. The number of halogens is 2. The molecule has 0 aliphatic carbocycles. The van der Waals surface area contributed by atoms with Crippen LogP contribution in [0.15, 0.2) is 60.8 Å². The summed E-state index contributed by atoms with van der Waals surface area (Å²) in [5, 5.41) is 19.0. The molecule has 3 amide bonds. The number of likely N-dealkylation sites (N-methyl/N-ethyl adjacent to an activating group) is 1. The van der Waals surface area contributed by atoms with Crippen molar-refractivity contribution < 1.29 is 19.5 Å². The zero-order valence-corrected chi connectivity index (χ0v) is 21.6. The maximum Gasteiger partial charge on any atom is 0.337 e. The van der Waals surface area contributed by atoms with Crippen LogP contribution in [-0.4, -0.2) is 63.5 Å². The maximum atomic E-state index is 14.2. The molecular formula is C27H21Cl2N5O4. The number of carboxylic acid groups (broad SMARTS) is 1. The molecule has 2 aliphatic rings. The highest BCUT2D eigenvalue weighted by Crippen LogP contribution is 2.47. The molecule has 1 aromatic heterocycles. The van der Waals surface area contributed by atoms with Crippen LogP contribution >= 0.6 is 23.2 Å². The molecule has 1 spiro atoms. The standard InChI is InChI=1S/C27H21Cl2N5O4/c1-32-26(38)34(22-9-19(28)8-20(29)10-22)25(37)27(32)15-33(13-21-7-6-18(12-31-21)24(35)36)14-23(27)17-4-2-16(11-30)3-5-17/h2-10,12,23H,13-15H2,1H3,(H,35,36)/t23-,27-/m1/s1. The topological polar surface area (TPSA) is 118 Å². The van der Waals surface area contributed by atoms with E-state index in [0.29, 0.717) is 34.4 Å². The lowest BCUT2D eigenvalue weighted by Gasteiger charge is -2.34. The van der Waals surface area contributed by atoms with Gasteiger partial charge < -0.3 is 10.0 Å². The summed E-state index contributed by atoms with van der Waals surface area (Å²) in [5.41, 5.74) is 1.03. The van der Waals surface area contributed by atoms with Crippen molar-refractivity contribution in [1.29, 1.82) is 5.26 Å². The number of carbonyl (C=O) groups is 3. The Morgan fingerprint density at radius 1 is 1.13 bits per heavy atom. The van der Waals surface area contributed by atoms with Gasteiger partial charge in [-0.3, -0.25) is 14.7 Å². The Labute approximate surface area is 228 Å². The Hall–Kier alpha value is -3.97. The van der Waals surface area contributed by atoms with Gasteiger partial charge >= 0.3 is 12.0 Å². The van der Waals surface area contributed by atoms with Crippen molar-refractivity contribution in [3.8, 4) is 6.07 Å². The highest BCUT2D eigenvalue weighted by atomic mass is 35.5. The van der Waals surface area contributed by atoms with Gasteiger partial charge in [-0.25, -0.2) is 14.5 Å². The van der Waals surface area contributed by atoms with Crippen molar-refractivity contribution in [3.63, 3.8) is 0 Å². The largest absolute Gasteiger partial charge is 0.478 e. The van der Waals surface area contributed by atoms with Crippen LogP contribution in [0.5, 0.6) is 0 Å². The van der Waals surface area contributed by atoms with Gasteiger partial charge in [0.2, 0.25) is 0 Å². The molecule has 2 saturated heterocycles. The predicted octanol–water partition coefficient (Wildman–Crippen LogP) is 4.40. The zero-order valence-electron chi connectivity index (χ0n) is 20.1. The van der Waals surface area contributed by atoms with Crippen molar-refractivity contribution in [1.82, 2.24) is 14.8 Å². The van der Waals surface area contributed by atoms with E-state index in [2.05, 4.69) is 11.1 Å². The molecule has 5 rings (SSSR count). The van der Waals surface area contributed by atoms with Crippen LogP contribution in [0.1, 0.15) is 33.1 Å². The molecule has 9 nitrogen and oxygen atoms in total. The fourth-order valence-corrected chi connectivity index (χ4v) is 5.80. The molecule has 0 bridgehead atoms. The number of likely N-dealkylation sites (tertiary alicyclic amines) is 1. The molecule has 11 heteroatoms. The third-order valence-electron chi connectivity index (χ3n) is 7.14. The summed E-state index contributed by atoms with van der Waals surface area (Å²) in [6.45, 7) is 0.973. The summed E-state index contributed by atoms with van der Waals surface area (Å²) >= 11 is 12.4. The van der Waals surface area contributed by atoms with Gasteiger partial charge in [0, 0.05) is 48.8 Å². The lowest BCUT2D eigenvalue weighted by Crippen LogP contribution is -2.53. The minimum Gasteiger partial charge on any atom is -0.478 e. The van der Waals surface area contributed by atoms with Crippen LogP contribution in [0.2, 0.25) is 10.0 Å². The Balaban J connectivity index is 1.55. The Morgan fingerprint density at radius 3 is 2.39 bits per heavy atom. The van der Waals surface area contributed by atoms with Gasteiger partial charge in [-0.1, -0.05) is 35.3 Å². The van der Waals surface area contributed by atoms with Crippen LogP contribution in [0.4, 0.5) is 10.5 Å². The molecule has 192 valence electrons. The quantitative estimate of drug-likeness (QED) is 0.468. The second kappa shape index (κ2) is 9.72. The van der Waals surface area contributed by atoms with E-state index in [1.165, 1.54) is 35.4 Å². The van der Waals surface area contributed by atoms with E-state index in [1.807, 2.05) is 4.90 Å². The average Bonchev–Trinajstić information content (AvgIpc) is 3.35. The van der Waals surface area contributed by atoms with E-state index in [9.17, 15) is 19.6 Å². The second-order valence-electron chi connectivity index (χ2n) is 9.33. The summed E-state index contributed by atoms with van der Waals surface area (Å²) in [6, 6.07) is 16.3. The monoisotopic (exact) mass is 549 g/mol. The van der Waals surface area contributed by atoms with Crippen LogP contribution in [0.25, 0.3) is 0 Å². The molecule has 3 aromatic rings. The number of imide groups is 1. The Kier molecular flexibility index (Phi) is 6.57. The van der Waals surface area contributed by atoms with E-state index < -0.39 is 29.4 Å². The van der Waals surface area contributed by atoms with Crippen molar-refractivity contribution in [2.45, 2.75) is 18.0 Å². The van der Waals surface area contributed by atoms with Crippen LogP contribution in [-0.2, 0) is 11.3 Å². The molecule has 38 heavy (non-hydrogen) atoms. The van der Waals surface area contributed by atoms with Gasteiger partial charge in [-0.05, 0) is 48.0 Å². The molecule has 2 aliphatic heterocycles.